The van der Waals surface area contributed by atoms with Gasteiger partial charge in [0.2, 0.25) is 0 Å². The van der Waals surface area contributed by atoms with E-state index in [1.807, 2.05) is 25.1 Å². The van der Waals surface area contributed by atoms with Crippen molar-refractivity contribution in [1.82, 2.24) is 9.97 Å². The van der Waals surface area contributed by atoms with Gasteiger partial charge in [-0.3, -0.25) is 9.97 Å². The molecule has 82 valence electrons. The molecule has 0 amide bonds. The molecular weight excluding hydrogens is 222 g/mol. The number of aryl methyl sites for hydroxylation is 1. The number of hydrogen-bond acceptors (Lipinski definition) is 3. The van der Waals surface area contributed by atoms with Crippen LogP contribution in [-0.2, 0) is 6.54 Å². The van der Waals surface area contributed by atoms with E-state index >= 15 is 0 Å². The summed E-state index contributed by atoms with van der Waals surface area (Å²) in [4.78, 5) is 8.23. The van der Waals surface area contributed by atoms with E-state index in [0.29, 0.717) is 11.6 Å². The highest BCUT2D eigenvalue weighted by atomic mass is 35.5. The molecule has 0 bridgehead atoms. The highest BCUT2D eigenvalue weighted by molar-refractivity contribution is 6.33. The molecule has 2 aromatic rings. The van der Waals surface area contributed by atoms with Gasteiger partial charge in [0.1, 0.15) is 0 Å². The molecule has 0 saturated heterocycles. The smallest absolute Gasteiger partial charge is 0.0820 e. The van der Waals surface area contributed by atoms with Crippen LogP contribution < -0.4 is 5.32 Å². The molecule has 0 aromatic carbocycles. The van der Waals surface area contributed by atoms with Crippen LogP contribution in [0.25, 0.3) is 0 Å². The fourth-order valence-electron chi connectivity index (χ4n) is 1.40. The van der Waals surface area contributed by atoms with E-state index in [9.17, 15) is 0 Å². The van der Waals surface area contributed by atoms with Crippen LogP contribution in [0.1, 0.15) is 11.3 Å². The van der Waals surface area contributed by atoms with Gasteiger partial charge in [-0.05, 0) is 24.6 Å². The second-order valence-corrected chi connectivity index (χ2v) is 3.88. The Balaban J connectivity index is 2.09. The predicted octanol–water partition coefficient (Wildman–Crippen LogP) is 3.05. The number of halogens is 1. The highest BCUT2D eigenvalue weighted by Crippen LogP contribution is 2.19. The molecule has 0 atom stereocenters. The largest absolute Gasteiger partial charge is 0.378 e. The monoisotopic (exact) mass is 233 g/mol. The van der Waals surface area contributed by atoms with Crippen LogP contribution in [0.3, 0.4) is 0 Å². The van der Waals surface area contributed by atoms with Crippen molar-refractivity contribution in [2.75, 3.05) is 5.32 Å². The quantitative estimate of drug-likeness (QED) is 0.886. The van der Waals surface area contributed by atoms with Crippen molar-refractivity contribution < 1.29 is 0 Å². The standard InChI is InChI=1S/C12H12ClN3/c1-9-3-2-5-15-12(9)8-16-11-4-6-14-7-10(11)13/h2-7H,8H2,1H3,(H,14,16). The predicted molar refractivity (Wildman–Crippen MR) is 65.5 cm³/mol. The van der Waals surface area contributed by atoms with E-state index in [4.69, 9.17) is 11.6 Å². The van der Waals surface area contributed by atoms with Gasteiger partial charge >= 0.3 is 0 Å². The summed E-state index contributed by atoms with van der Waals surface area (Å²) in [6, 6.07) is 5.82. The highest BCUT2D eigenvalue weighted by Gasteiger charge is 2.01. The number of hydrogen-bond donors (Lipinski definition) is 1. The molecule has 0 aliphatic carbocycles. The van der Waals surface area contributed by atoms with Gasteiger partial charge in [-0.2, -0.15) is 0 Å². The average Bonchev–Trinajstić information content (AvgIpc) is 2.30. The first-order valence-corrected chi connectivity index (χ1v) is 5.39. The van der Waals surface area contributed by atoms with Crippen LogP contribution in [0.15, 0.2) is 36.8 Å². The Morgan fingerprint density at radius 2 is 2.19 bits per heavy atom. The third kappa shape index (κ3) is 2.49. The van der Waals surface area contributed by atoms with Crippen molar-refractivity contribution in [3.8, 4) is 0 Å². The number of rotatable bonds is 3. The molecule has 0 aliphatic heterocycles. The van der Waals surface area contributed by atoms with Crippen LogP contribution >= 0.6 is 11.6 Å². The van der Waals surface area contributed by atoms with E-state index in [-0.39, 0.29) is 0 Å². The molecule has 3 nitrogen and oxygen atoms in total. The maximum Gasteiger partial charge on any atom is 0.0820 e. The summed E-state index contributed by atoms with van der Waals surface area (Å²) < 4.78 is 0. The van der Waals surface area contributed by atoms with Crippen molar-refractivity contribution in [1.29, 1.82) is 0 Å². The van der Waals surface area contributed by atoms with Gasteiger partial charge in [0.25, 0.3) is 0 Å². The fourth-order valence-corrected chi connectivity index (χ4v) is 1.59. The molecule has 2 aromatic heterocycles. The maximum absolute atomic E-state index is 5.98. The lowest BCUT2D eigenvalue weighted by Gasteiger charge is -2.08. The molecule has 4 heteroatoms. The minimum atomic E-state index is 0.621. The minimum absolute atomic E-state index is 0.621. The zero-order valence-corrected chi connectivity index (χ0v) is 9.70. The van der Waals surface area contributed by atoms with E-state index < -0.39 is 0 Å². The molecular formula is C12H12ClN3. The van der Waals surface area contributed by atoms with Gasteiger partial charge in [-0.1, -0.05) is 17.7 Å². The van der Waals surface area contributed by atoms with Gasteiger partial charge in [-0.25, -0.2) is 0 Å². The molecule has 0 aliphatic rings. The van der Waals surface area contributed by atoms with Gasteiger partial charge < -0.3 is 5.32 Å². The van der Waals surface area contributed by atoms with Gasteiger partial charge in [-0.15, -0.1) is 0 Å². The van der Waals surface area contributed by atoms with Crippen LogP contribution in [-0.4, -0.2) is 9.97 Å². The minimum Gasteiger partial charge on any atom is -0.378 e. The molecule has 0 radical (unpaired) electrons. The van der Waals surface area contributed by atoms with E-state index in [2.05, 4.69) is 15.3 Å². The van der Waals surface area contributed by atoms with Gasteiger partial charge in [0.05, 0.1) is 22.9 Å². The van der Waals surface area contributed by atoms with Crippen molar-refractivity contribution >= 4 is 17.3 Å². The van der Waals surface area contributed by atoms with Crippen LogP contribution in [0.5, 0.6) is 0 Å². The number of pyridine rings is 2. The van der Waals surface area contributed by atoms with Gasteiger partial charge in [0.15, 0.2) is 0 Å². The molecule has 0 saturated carbocycles. The lowest BCUT2D eigenvalue weighted by Crippen LogP contribution is -2.03. The Morgan fingerprint density at radius 3 is 2.94 bits per heavy atom. The third-order valence-electron chi connectivity index (χ3n) is 2.34. The Kier molecular flexibility index (Phi) is 3.37. The van der Waals surface area contributed by atoms with E-state index in [1.165, 1.54) is 5.56 Å². The summed E-state index contributed by atoms with van der Waals surface area (Å²) in [5.74, 6) is 0. The first-order chi connectivity index (χ1) is 7.77. The summed E-state index contributed by atoms with van der Waals surface area (Å²) in [6.07, 6.45) is 5.12. The topological polar surface area (TPSA) is 37.8 Å². The number of nitrogens with zero attached hydrogens (tertiary/aromatic N) is 2. The molecule has 2 heterocycles. The summed E-state index contributed by atoms with van der Waals surface area (Å²) in [6.45, 7) is 2.70. The second kappa shape index (κ2) is 4.94. The van der Waals surface area contributed by atoms with Crippen LogP contribution in [0, 0.1) is 6.92 Å². The summed E-state index contributed by atoms with van der Waals surface area (Å²) >= 11 is 5.98. The Bertz CT molecular complexity index is 440. The molecule has 2 rings (SSSR count). The normalized spacial score (nSPS) is 10.1. The van der Waals surface area contributed by atoms with Crippen molar-refractivity contribution in [2.45, 2.75) is 13.5 Å². The molecule has 1 N–H and O–H groups in total. The average molecular weight is 234 g/mol. The maximum atomic E-state index is 5.98. The van der Waals surface area contributed by atoms with Crippen molar-refractivity contribution in [2.24, 2.45) is 0 Å². The lowest BCUT2D eigenvalue weighted by molar-refractivity contribution is 1.02. The zero-order valence-electron chi connectivity index (χ0n) is 8.94. The Morgan fingerprint density at radius 1 is 1.31 bits per heavy atom. The van der Waals surface area contributed by atoms with E-state index in [1.54, 1.807) is 18.6 Å². The van der Waals surface area contributed by atoms with Crippen LogP contribution in [0.2, 0.25) is 5.02 Å². The number of anilines is 1. The zero-order chi connectivity index (χ0) is 11.4. The lowest BCUT2D eigenvalue weighted by atomic mass is 10.2. The molecule has 0 unspecified atom stereocenters. The third-order valence-corrected chi connectivity index (χ3v) is 2.64. The number of nitrogens with one attached hydrogen (secondary N) is 1. The summed E-state index contributed by atoms with van der Waals surface area (Å²) in [5.41, 5.74) is 3.07. The fraction of sp³-hybridized carbons (Fsp3) is 0.167. The first-order valence-electron chi connectivity index (χ1n) is 5.01. The molecule has 0 spiro atoms. The second-order valence-electron chi connectivity index (χ2n) is 3.48. The Labute approximate surface area is 99.5 Å². The Hall–Kier alpha value is -1.61. The van der Waals surface area contributed by atoms with Crippen molar-refractivity contribution in [3.05, 3.63) is 53.1 Å². The van der Waals surface area contributed by atoms with Gasteiger partial charge in [0, 0.05) is 18.6 Å². The van der Waals surface area contributed by atoms with Crippen LogP contribution in [0.4, 0.5) is 5.69 Å². The SMILES string of the molecule is Cc1cccnc1CNc1ccncc1Cl. The number of aromatic nitrogens is 2. The molecule has 0 fully saturated rings. The van der Waals surface area contributed by atoms with Crippen molar-refractivity contribution in [3.63, 3.8) is 0 Å². The van der Waals surface area contributed by atoms with E-state index in [0.717, 1.165) is 11.4 Å². The summed E-state index contributed by atoms with van der Waals surface area (Å²) in [7, 11) is 0. The summed E-state index contributed by atoms with van der Waals surface area (Å²) in [5, 5.41) is 3.86. The first kappa shape index (κ1) is 10.9. The molecule has 16 heavy (non-hydrogen) atoms.